The van der Waals surface area contributed by atoms with Crippen LogP contribution in [0, 0.1) is 26.0 Å². The molecule has 0 amide bonds. The fourth-order valence-corrected chi connectivity index (χ4v) is 6.37. The minimum atomic E-state index is 0. The molecule has 0 bridgehead atoms. The molecule has 0 unspecified atom stereocenters. The predicted octanol–water partition coefficient (Wildman–Crippen LogP) is 11.2. The van der Waals surface area contributed by atoms with E-state index in [1.54, 1.807) is 14.2 Å². The van der Waals surface area contributed by atoms with Crippen LogP contribution in [-0.4, -0.2) is 17.4 Å². The van der Waals surface area contributed by atoms with Gasteiger partial charge in [-0.3, -0.25) is 6.08 Å². The maximum absolute atomic E-state index is 5.32. The average molecular weight is 761 g/mol. The van der Waals surface area contributed by atoms with Crippen LogP contribution in [0.5, 0.6) is 11.5 Å². The van der Waals surface area contributed by atoms with Crippen molar-refractivity contribution in [2.75, 3.05) is 14.2 Å². The van der Waals surface area contributed by atoms with Crippen molar-refractivity contribution in [3.05, 3.63) is 142 Å². The van der Waals surface area contributed by atoms with Gasteiger partial charge >= 0.3 is 135 Å². The largest absolute Gasteiger partial charge is 0.273 e. The van der Waals surface area contributed by atoms with Crippen LogP contribution in [0.4, 0.5) is 0 Å². The standard InChI is InChI=1S/C21H25.C17H18O2.C5H5.2ClH.Zr/c1-20(2,3)16-7-9-18-14(12-16)11-15-13-17(21(4,5)6)8-10-19(15)18;1-12-9-14(5-7-16(12)18-3)11-15-6-8-17(19-4)13(2)10-15;1-2-4-5-3-1;;;/h7-10,12H,11H2,1-6H3;5-10H,1-4H3;1-3H,4H2;2*1H;/q-1;;-1;;;+2. The maximum Gasteiger partial charge on any atom is -0.109 e. The SMILES string of the molecule is CC(C)(C)c1[c-]c2c(cc1)-c1ccc(C(C)(C)C)cc1C2.COc1ccc([C](=[Zr+2])c2ccc(OC)c(C)c2)cc1C.Cl.Cl.[C-]1=CC=CC1. The third kappa shape index (κ3) is 10.4. The van der Waals surface area contributed by atoms with Crippen molar-refractivity contribution >= 4 is 28.0 Å². The first-order valence-electron chi connectivity index (χ1n) is 16.0. The van der Waals surface area contributed by atoms with E-state index in [2.05, 4.69) is 128 Å². The van der Waals surface area contributed by atoms with Crippen LogP contribution in [0.2, 0.25) is 0 Å². The molecule has 2 aliphatic carbocycles. The van der Waals surface area contributed by atoms with Crippen LogP contribution in [0.15, 0.2) is 85.0 Å². The fraction of sp³-hybridized carbons (Fsp3) is 0.326. The molecule has 0 spiro atoms. The van der Waals surface area contributed by atoms with E-state index in [9.17, 15) is 0 Å². The molecule has 4 aromatic carbocycles. The van der Waals surface area contributed by atoms with Gasteiger partial charge in [-0.05, 0) is 28.4 Å². The van der Waals surface area contributed by atoms with Gasteiger partial charge in [0.1, 0.15) is 0 Å². The summed E-state index contributed by atoms with van der Waals surface area (Å²) in [6.07, 6.45) is 11.0. The van der Waals surface area contributed by atoms with Gasteiger partial charge in [0.2, 0.25) is 0 Å². The first kappa shape index (κ1) is 41.5. The summed E-state index contributed by atoms with van der Waals surface area (Å²) in [4.78, 5) is 0. The molecule has 2 nitrogen and oxygen atoms in total. The second-order valence-electron chi connectivity index (χ2n) is 14.1. The molecule has 0 fully saturated rings. The summed E-state index contributed by atoms with van der Waals surface area (Å²) < 4.78 is 12.0. The zero-order chi connectivity index (χ0) is 33.6. The quantitative estimate of drug-likeness (QED) is 0.170. The molecule has 0 saturated heterocycles. The number of hydrogen-bond donors (Lipinski definition) is 0. The van der Waals surface area contributed by atoms with Crippen LogP contribution < -0.4 is 9.47 Å². The number of fused-ring (bicyclic) bond motifs is 3. The van der Waals surface area contributed by atoms with E-state index in [1.165, 1.54) is 71.9 Å². The van der Waals surface area contributed by atoms with E-state index in [-0.39, 0.29) is 35.6 Å². The van der Waals surface area contributed by atoms with Gasteiger partial charge in [-0.25, -0.2) is 12.2 Å². The fourth-order valence-electron chi connectivity index (χ4n) is 5.60. The zero-order valence-corrected chi connectivity index (χ0v) is 34.2. The topological polar surface area (TPSA) is 18.5 Å². The van der Waals surface area contributed by atoms with Gasteiger partial charge in [0.15, 0.2) is 0 Å². The molecule has 0 N–H and O–H groups in total. The third-order valence-electron chi connectivity index (χ3n) is 8.42. The van der Waals surface area contributed by atoms with Crippen LogP contribution in [-0.2, 0) is 41.5 Å². The predicted molar refractivity (Wildman–Crippen MR) is 206 cm³/mol. The van der Waals surface area contributed by atoms with Gasteiger partial charge in [0.05, 0.1) is 0 Å². The monoisotopic (exact) mass is 758 g/mol. The molecule has 0 radical (unpaired) electrons. The van der Waals surface area contributed by atoms with Crippen molar-refractivity contribution < 1.29 is 33.7 Å². The van der Waals surface area contributed by atoms with Crippen LogP contribution in [0.3, 0.4) is 0 Å². The van der Waals surface area contributed by atoms with Gasteiger partial charge in [-0.2, -0.15) is 29.8 Å². The normalized spacial score (nSPS) is 12.2. The molecular weight excluding hydrogens is 711 g/mol. The van der Waals surface area contributed by atoms with Crippen molar-refractivity contribution in [2.45, 2.75) is 79.1 Å². The summed E-state index contributed by atoms with van der Waals surface area (Å²) in [6, 6.07) is 27.8. The Morgan fingerprint density at radius 3 is 1.69 bits per heavy atom. The molecule has 6 rings (SSSR count). The molecule has 2 aliphatic rings. The van der Waals surface area contributed by atoms with E-state index >= 15 is 0 Å². The third-order valence-corrected chi connectivity index (χ3v) is 9.84. The number of methoxy groups -OCH3 is 2. The summed E-state index contributed by atoms with van der Waals surface area (Å²) in [5, 5.41) is 0. The Labute approximate surface area is 317 Å². The first-order valence-corrected chi connectivity index (χ1v) is 17.3. The van der Waals surface area contributed by atoms with E-state index in [4.69, 9.17) is 9.47 Å². The van der Waals surface area contributed by atoms with Crippen molar-refractivity contribution in [3.63, 3.8) is 0 Å². The maximum atomic E-state index is 5.32. The summed E-state index contributed by atoms with van der Waals surface area (Å²) in [5.74, 6) is 1.87. The van der Waals surface area contributed by atoms with Crippen molar-refractivity contribution in [1.29, 1.82) is 0 Å². The summed E-state index contributed by atoms with van der Waals surface area (Å²) in [6.45, 7) is 17.7. The second-order valence-corrected chi connectivity index (χ2v) is 15.3. The number of ether oxygens (including phenoxy) is 2. The molecule has 0 heterocycles. The minimum absolute atomic E-state index is 0. The Balaban J connectivity index is 0.000000281. The van der Waals surface area contributed by atoms with Crippen LogP contribution >= 0.6 is 24.8 Å². The Bertz CT molecular complexity index is 1640. The summed E-state index contributed by atoms with van der Waals surface area (Å²) in [5.41, 5.74) is 13.5. The molecule has 0 saturated carbocycles. The van der Waals surface area contributed by atoms with Crippen molar-refractivity contribution in [2.24, 2.45) is 0 Å². The van der Waals surface area contributed by atoms with E-state index in [0.29, 0.717) is 0 Å². The smallest absolute Gasteiger partial charge is 0.109 e. The molecule has 48 heavy (non-hydrogen) atoms. The number of benzene rings is 4. The molecule has 252 valence electrons. The minimum Gasteiger partial charge on any atom is -0.273 e. The molecule has 0 aliphatic heterocycles. The summed E-state index contributed by atoms with van der Waals surface area (Å²) in [7, 11) is 3.41. The van der Waals surface area contributed by atoms with Crippen molar-refractivity contribution in [3.8, 4) is 22.6 Å². The number of hydrogen-bond acceptors (Lipinski definition) is 2. The van der Waals surface area contributed by atoms with E-state index in [0.717, 1.165) is 35.5 Å². The number of aryl methyl sites for hydroxylation is 2. The Kier molecular flexibility index (Phi) is 15.4. The molecule has 5 heteroatoms. The second kappa shape index (κ2) is 17.8. The van der Waals surface area contributed by atoms with E-state index in [1.807, 2.05) is 24.3 Å². The van der Waals surface area contributed by atoms with Gasteiger partial charge in [-0.15, -0.1) is 42.4 Å². The number of halogens is 2. The average Bonchev–Trinajstić information content (AvgIpc) is 3.71. The Morgan fingerprint density at radius 1 is 0.708 bits per heavy atom. The molecule has 0 aromatic heterocycles. The Morgan fingerprint density at radius 2 is 1.27 bits per heavy atom. The van der Waals surface area contributed by atoms with Crippen LogP contribution in [0.1, 0.15) is 92.5 Å². The van der Waals surface area contributed by atoms with Gasteiger partial charge < -0.3 is 0 Å². The zero-order valence-electron chi connectivity index (χ0n) is 30.1. The van der Waals surface area contributed by atoms with Crippen molar-refractivity contribution in [1.82, 2.24) is 0 Å². The first-order chi connectivity index (χ1) is 21.7. The number of allylic oxidation sites excluding steroid dienone is 4. The van der Waals surface area contributed by atoms with Gasteiger partial charge in [-0.1, -0.05) is 65.3 Å². The van der Waals surface area contributed by atoms with Gasteiger partial charge in [0, 0.05) is 0 Å². The molecule has 4 aromatic rings. The summed E-state index contributed by atoms with van der Waals surface area (Å²) >= 11 is 1.40. The molecule has 0 atom stereocenters. The Hall–Kier alpha value is -2.71. The van der Waals surface area contributed by atoms with Crippen LogP contribution in [0.25, 0.3) is 11.1 Å². The number of rotatable bonds is 4. The molecular formula is C43H50Cl2O2Zr. The van der Waals surface area contributed by atoms with Gasteiger partial charge in [0.25, 0.3) is 0 Å². The van der Waals surface area contributed by atoms with E-state index < -0.39 is 0 Å².